The maximum Gasteiger partial charge on any atom is 0.274 e. The number of benzene rings is 1. The summed E-state index contributed by atoms with van der Waals surface area (Å²) in [6.45, 7) is 1.88. The molecule has 0 saturated heterocycles. The zero-order valence-corrected chi connectivity index (χ0v) is 13.6. The summed E-state index contributed by atoms with van der Waals surface area (Å²) in [6.07, 6.45) is 1.78. The van der Waals surface area contributed by atoms with Crippen molar-refractivity contribution in [2.45, 2.75) is 13.3 Å². The zero-order chi connectivity index (χ0) is 16.6. The van der Waals surface area contributed by atoms with E-state index in [1.54, 1.807) is 18.2 Å². The third-order valence-corrected chi connectivity index (χ3v) is 3.76. The average Bonchev–Trinajstić information content (AvgIpc) is 2.83. The molecule has 118 valence electrons. The van der Waals surface area contributed by atoms with Crippen LogP contribution in [0.5, 0.6) is 0 Å². The Morgan fingerprint density at radius 1 is 1.26 bits per heavy atom. The number of imidazole rings is 1. The second-order valence-corrected chi connectivity index (χ2v) is 5.82. The first-order valence-corrected chi connectivity index (χ1v) is 7.67. The first-order valence-electron chi connectivity index (χ1n) is 6.92. The van der Waals surface area contributed by atoms with Gasteiger partial charge < -0.3 is 5.32 Å². The van der Waals surface area contributed by atoms with Crippen molar-refractivity contribution in [2.75, 3.05) is 5.32 Å². The van der Waals surface area contributed by atoms with Gasteiger partial charge >= 0.3 is 0 Å². The molecule has 0 saturated carbocycles. The van der Waals surface area contributed by atoms with E-state index in [2.05, 4.69) is 10.3 Å². The number of hydrogen-bond donors (Lipinski definition) is 1. The minimum absolute atomic E-state index is 0.290. The zero-order valence-electron chi connectivity index (χ0n) is 12.1. The lowest BCUT2D eigenvalue weighted by molar-refractivity contribution is 0.102. The van der Waals surface area contributed by atoms with Crippen LogP contribution in [0.1, 0.15) is 23.1 Å². The Bertz CT molecular complexity index is 887. The number of aromatic nitrogens is 2. The molecule has 0 aliphatic rings. The van der Waals surface area contributed by atoms with Crippen molar-refractivity contribution in [1.29, 1.82) is 0 Å². The Morgan fingerprint density at radius 3 is 2.61 bits per heavy atom. The molecule has 3 rings (SSSR count). The maximum absolute atomic E-state index is 13.5. The monoisotopic (exact) mass is 351 g/mol. The van der Waals surface area contributed by atoms with E-state index in [9.17, 15) is 9.18 Å². The van der Waals surface area contributed by atoms with Gasteiger partial charge in [-0.25, -0.2) is 9.37 Å². The fourth-order valence-corrected chi connectivity index (χ4v) is 2.90. The molecule has 7 heteroatoms. The molecule has 2 heterocycles. The van der Waals surface area contributed by atoms with E-state index in [4.69, 9.17) is 23.2 Å². The van der Waals surface area contributed by atoms with E-state index < -0.39 is 11.7 Å². The third-order valence-electron chi connectivity index (χ3n) is 3.33. The average molecular weight is 352 g/mol. The van der Waals surface area contributed by atoms with Gasteiger partial charge in [0.15, 0.2) is 0 Å². The summed E-state index contributed by atoms with van der Waals surface area (Å²) >= 11 is 11.9. The molecule has 2 aromatic heterocycles. The molecule has 0 radical (unpaired) electrons. The molecule has 0 atom stereocenters. The maximum atomic E-state index is 13.5. The predicted octanol–water partition coefficient (Wildman–Crippen LogP) is 4.59. The molecule has 0 fully saturated rings. The molecular weight excluding hydrogens is 340 g/mol. The van der Waals surface area contributed by atoms with Gasteiger partial charge in [-0.1, -0.05) is 30.1 Å². The number of nitrogens with one attached hydrogen (secondary N) is 1. The van der Waals surface area contributed by atoms with Gasteiger partial charge in [0.25, 0.3) is 5.91 Å². The van der Waals surface area contributed by atoms with Crippen LogP contribution < -0.4 is 5.32 Å². The molecule has 3 aromatic rings. The van der Waals surface area contributed by atoms with Gasteiger partial charge in [0, 0.05) is 21.9 Å². The highest BCUT2D eigenvalue weighted by Crippen LogP contribution is 2.23. The van der Waals surface area contributed by atoms with Crippen LogP contribution in [0, 0.1) is 5.82 Å². The van der Waals surface area contributed by atoms with E-state index in [0.717, 1.165) is 0 Å². The van der Waals surface area contributed by atoms with Gasteiger partial charge in [-0.05, 0) is 36.8 Å². The standard InChI is InChI=1S/C16H12Cl2FN3O/c1-2-13-15(22-8-11(19)3-4-14(22)21-13)16(23)20-12-6-9(17)5-10(18)7-12/h3-8H,2H2,1H3,(H,20,23). The first kappa shape index (κ1) is 15.8. The van der Waals surface area contributed by atoms with E-state index in [1.807, 2.05) is 6.92 Å². The number of halogens is 3. The number of aryl methyl sites for hydroxylation is 1. The second kappa shape index (κ2) is 6.18. The second-order valence-electron chi connectivity index (χ2n) is 4.95. The van der Waals surface area contributed by atoms with Crippen LogP contribution in [0.15, 0.2) is 36.5 Å². The summed E-state index contributed by atoms with van der Waals surface area (Å²) in [7, 11) is 0. The SMILES string of the molecule is CCc1nc2ccc(F)cn2c1C(=O)Nc1cc(Cl)cc(Cl)c1. The summed E-state index contributed by atoms with van der Waals surface area (Å²) in [5.41, 5.74) is 1.85. The van der Waals surface area contributed by atoms with Gasteiger partial charge in [-0.2, -0.15) is 0 Å². The fraction of sp³-hybridized carbons (Fsp3) is 0.125. The molecule has 1 N–H and O–H groups in total. The Kier molecular flexibility index (Phi) is 4.24. The lowest BCUT2D eigenvalue weighted by Gasteiger charge is -2.08. The van der Waals surface area contributed by atoms with Crippen molar-refractivity contribution in [2.24, 2.45) is 0 Å². The number of fused-ring (bicyclic) bond motifs is 1. The van der Waals surface area contributed by atoms with Gasteiger partial charge in [0.2, 0.25) is 0 Å². The third kappa shape index (κ3) is 3.16. The Hall–Kier alpha value is -2.11. The largest absolute Gasteiger partial charge is 0.321 e. The quantitative estimate of drug-likeness (QED) is 0.749. The fourth-order valence-electron chi connectivity index (χ4n) is 2.37. The van der Waals surface area contributed by atoms with Crippen molar-refractivity contribution in [1.82, 2.24) is 9.38 Å². The van der Waals surface area contributed by atoms with Crippen molar-refractivity contribution in [3.63, 3.8) is 0 Å². The lowest BCUT2D eigenvalue weighted by Crippen LogP contribution is -2.16. The van der Waals surface area contributed by atoms with Crippen LogP contribution in [0.4, 0.5) is 10.1 Å². The van der Waals surface area contributed by atoms with Crippen LogP contribution in [-0.2, 0) is 6.42 Å². The molecule has 1 amide bonds. The molecular formula is C16H12Cl2FN3O. The van der Waals surface area contributed by atoms with Crippen molar-refractivity contribution in [3.05, 3.63) is 63.8 Å². The summed E-state index contributed by atoms with van der Waals surface area (Å²) in [5, 5.41) is 3.54. The van der Waals surface area contributed by atoms with Crippen LogP contribution in [0.3, 0.4) is 0 Å². The van der Waals surface area contributed by atoms with Crippen LogP contribution in [-0.4, -0.2) is 15.3 Å². The number of hydrogen-bond acceptors (Lipinski definition) is 2. The molecule has 4 nitrogen and oxygen atoms in total. The Balaban J connectivity index is 2.04. The molecule has 0 unspecified atom stereocenters. The molecule has 0 bridgehead atoms. The van der Waals surface area contributed by atoms with E-state index >= 15 is 0 Å². The number of nitrogens with zero attached hydrogens (tertiary/aromatic N) is 2. The van der Waals surface area contributed by atoms with Crippen molar-refractivity contribution < 1.29 is 9.18 Å². The molecule has 0 aliphatic carbocycles. The van der Waals surface area contributed by atoms with E-state index in [0.29, 0.717) is 33.5 Å². The number of anilines is 1. The minimum atomic E-state index is -0.447. The molecule has 0 spiro atoms. The molecule has 0 aliphatic heterocycles. The lowest BCUT2D eigenvalue weighted by atomic mass is 10.2. The van der Waals surface area contributed by atoms with Gasteiger partial charge in [-0.3, -0.25) is 9.20 Å². The highest BCUT2D eigenvalue weighted by Gasteiger charge is 2.19. The first-order chi connectivity index (χ1) is 11.0. The number of amides is 1. The number of carbonyl (C=O) groups excluding carboxylic acids is 1. The highest BCUT2D eigenvalue weighted by molar-refractivity contribution is 6.35. The van der Waals surface area contributed by atoms with Crippen LogP contribution >= 0.6 is 23.2 Å². The Morgan fingerprint density at radius 2 is 1.96 bits per heavy atom. The molecule has 1 aromatic carbocycles. The van der Waals surface area contributed by atoms with Crippen molar-refractivity contribution >= 4 is 40.4 Å². The smallest absolute Gasteiger partial charge is 0.274 e. The number of carbonyl (C=O) groups is 1. The van der Waals surface area contributed by atoms with E-state index in [1.165, 1.54) is 22.7 Å². The Labute approximate surface area is 141 Å². The minimum Gasteiger partial charge on any atom is -0.321 e. The van der Waals surface area contributed by atoms with Crippen LogP contribution in [0.25, 0.3) is 5.65 Å². The highest BCUT2D eigenvalue weighted by atomic mass is 35.5. The van der Waals surface area contributed by atoms with Gasteiger partial charge in [-0.15, -0.1) is 0 Å². The number of rotatable bonds is 3. The van der Waals surface area contributed by atoms with Gasteiger partial charge in [0.05, 0.1) is 5.69 Å². The number of pyridine rings is 1. The molecule has 23 heavy (non-hydrogen) atoms. The van der Waals surface area contributed by atoms with Crippen LogP contribution in [0.2, 0.25) is 10.0 Å². The normalized spacial score (nSPS) is 11.0. The summed E-state index contributed by atoms with van der Waals surface area (Å²) < 4.78 is 15.0. The predicted molar refractivity (Wildman–Crippen MR) is 88.9 cm³/mol. The van der Waals surface area contributed by atoms with E-state index in [-0.39, 0.29) is 5.69 Å². The summed E-state index contributed by atoms with van der Waals surface area (Å²) in [5.74, 6) is -0.851. The summed E-state index contributed by atoms with van der Waals surface area (Å²) in [6, 6.07) is 7.57. The topological polar surface area (TPSA) is 46.4 Å². The summed E-state index contributed by atoms with van der Waals surface area (Å²) in [4.78, 5) is 17.0. The van der Waals surface area contributed by atoms with Crippen molar-refractivity contribution in [3.8, 4) is 0 Å². The van der Waals surface area contributed by atoms with Gasteiger partial charge in [0.1, 0.15) is 17.2 Å².